The van der Waals surface area contributed by atoms with Crippen LogP contribution in [0.2, 0.25) is 0 Å². The van der Waals surface area contributed by atoms with Crippen LogP contribution in [0.25, 0.3) is 11.0 Å². The minimum absolute atomic E-state index is 0.206. The molecule has 2 rings (SSSR count). The molecule has 0 aliphatic rings. The van der Waals surface area contributed by atoms with Crippen molar-refractivity contribution in [3.8, 4) is 0 Å². The van der Waals surface area contributed by atoms with Crippen molar-refractivity contribution in [2.75, 3.05) is 0 Å². The van der Waals surface area contributed by atoms with Gasteiger partial charge in [0.05, 0.1) is 0 Å². The predicted octanol–water partition coefficient (Wildman–Crippen LogP) is 3.89. The maximum absolute atomic E-state index is 12.4. The molecule has 0 aliphatic carbocycles. The second-order valence-electron chi connectivity index (χ2n) is 3.75. The van der Waals surface area contributed by atoms with Crippen molar-refractivity contribution >= 4 is 11.0 Å². The third-order valence-electron chi connectivity index (χ3n) is 2.31. The van der Waals surface area contributed by atoms with Gasteiger partial charge in [-0.25, -0.2) is 8.78 Å². The molecule has 0 aliphatic heterocycles. The fourth-order valence-electron chi connectivity index (χ4n) is 1.52. The first kappa shape index (κ1) is 10.1. The lowest BCUT2D eigenvalue weighted by molar-refractivity contribution is 0.124. The Morgan fingerprint density at radius 3 is 2.60 bits per heavy atom. The van der Waals surface area contributed by atoms with Gasteiger partial charge in [0.1, 0.15) is 5.58 Å². The zero-order valence-electron chi connectivity index (χ0n) is 8.50. The van der Waals surface area contributed by atoms with E-state index in [9.17, 15) is 8.78 Å². The maximum atomic E-state index is 12.4. The van der Waals surface area contributed by atoms with Crippen molar-refractivity contribution in [3.05, 3.63) is 29.8 Å². The number of aromatic nitrogens is 1. The molecule has 15 heavy (non-hydrogen) atoms. The fraction of sp³-hybridized carbons (Fsp3) is 0.364. The molecule has 0 bridgehead atoms. The number of pyridine rings is 1. The lowest BCUT2D eigenvalue weighted by Crippen LogP contribution is -1.88. The Bertz CT molecular complexity index is 476. The molecule has 0 spiro atoms. The number of hydrogen-bond donors (Lipinski definition) is 0. The van der Waals surface area contributed by atoms with E-state index in [1.165, 1.54) is 12.3 Å². The van der Waals surface area contributed by atoms with Crippen LogP contribution in [0.3, 0.4) is 0 Å². The molecule has 2 aromatic rings. The minimum atomic E-state index is -2.57. The number of halogens is 2. The maximum Gasteiger partial charge on any atom is 0.295 e. The Labute approximate surface area is 85.9 Å². The second-order valence-corrected chi connectivity index (χ2v) is 3.75. The van der Waals surface area contributed by atoms with Crippen molar-refractivity contribution in [2.45, 2.75) is 26.2 Å². The quantitative estimate of drug-likeness (QED) is 0.753. The van der Waals surface area contributed by atoms with Gasteiger partial charge in [-0.2, -0.15) is 0 Å². The summed E-state index contributed by atoms with van der Waals surface area (Å²) in [5.41, 5.74) is 1.38. The highest BCUT2D eigenvalue weighted by Crippen LogP contribution is 2.31. The lowest BCUT2D eigenvalue weighted by atomic mass is 10.0. The van der Waals surface area contributed by atoms with Gasteiger partial charge in [-0.15, -0.1) is 0 Å². The van der Waals surface area contributed by atoms with Crippen LogP contribution in [0.15, 0.2) is 22.9 Å². The zero-order chi connectivity index (χ0) is 11.0. The summed E-state index contributed by atoms with van der Waals surface area (Å²) in [6.45, 7) is 3.95. The molecule has 0 unspecified atom stereocenters. The third kappa shape index (κ3) is 1.71. The standard InChI is InChI=1S/C11H11F2NO/c1-6(2)8-5-14-4-7-3-9(11(12)13)15-10(7)8/h3-6,11H,1-2H3. The van der Waals surface area contributed by atoms with E-state index in [4.69, 9.17) is 4.42 Å². The van der Waals surface area contributed by atoms with Crippen LogP contribution in [-0.4, -0.2) is 4.98 Å². The smallest absolute Gasteiger partial charge is 0.295 e. The molecule has 0 aromatic carbocycles. The van der Waals surface area contributed by atoms with E-state index in [2.05, 4.69) is 4.98 Å². The van der Waals surface area contributed by atoms with Crippen molar-refractivity contribution in [2.24, 2.45) is 0 Å². The van der Waals surface area contributed by atoms with Gasteiger partial charge in [0.2, 0.25) is 0 Å². The van der Waals surface area contributed by atoms with Crippen LogP contribution in [-0.2, 0) is 0 Å². The van der Waals surface area contributed by atoms with Crippen LogP contribution in [0, 0.1) is 0 Å². The van der Waals surface area contributed by atoms with Gasteiger partial charge >= 0.3 is 0 Å². The van der Waals surface area contributed by atoms with Crippen LogP contribution in [0.5, 0.6) is 0 Å². The largest absolute Gasteiger partial charge is 0.455 e. The zero-order valence-corrected chi connectivity index (χ0v) is 8.50. The van der Waals surface area contributed by atoms with E-state index in [1.807, 2.05) is 13.8 Å². The summed E-state index contributed by atoms with van der Waals surface area (Å²) in [4.78, 5) is 4.00. The van der Waals surface area contributed by atoms with Crippen LogP contribution in [0.4, 0.5) is 8.78 Å². The van der Waals surface area contributed by atoms with Crippen molar-refractivity contribution in [1.82, 2.24) is 4.98 Å². The summed E-state index contributed by atoms with van der Waals surface area (Å²) >= 11 is 0. The summed E-state index contributed by atoms with van der Waals surface area (Å²) in [5, 5.41) is 0.636. The van der Waals surface area contributed by atoms with E-state index < -0.39 is 6.43 Å². The minimum Gasteiger partial charge on any atom is -0.455 e. The molecular formula is C11H11F2NO. The number of furan rings is 1. The highest BCUT2D eigenvalue weighted by Gasteiger charge is 2.16. The Morgan fingerprint density at radius 1 is 1.27 bits per heavy atom. The van der Waals surface area contributed by atoms with Gasteiger partial charge in [0.15, 0.2) is 5.76 Å². The Morgan fingerprint density at radius 2 is 2.00 bits per heavy atom. The number of alkyl halides is 2. The first-order chi connectivity index (χ1) is 7.09. The highest BCUT2D eigenvalue weighted by molar-refractivity contribution is 5.80. The molecule has 0 radical (unpaired) electrons. The van der Waals surface area contributed by atoms with E-state index in [1.54, 1.807) is 6.20 Å². The molecule has 0 saturated heterocycles. The first-order valence-corrected chi connectivity index (χ1v) is 4.75. The van der Waals surface area contributed by atoms with Crippen molar-refractivity contribution in [3.63, 3.8) is 0 Å². The summed E-state index contributed by atoms with van der Waals surface area (Å²) < 4.78 is 30.0. The SMILES string of the molecule is CC(C)c1cncc2cc(C(F)F)oc12. The van der Waals surface area contributed by atoms with Gasteiger partial charge in [0, 0.05) is 23.3 Å². The number of nitrogens with zero attached hydrogens (tertiary/aromatic N) is 1. The van der Waals surface area contributed by atoms with Crippen LogP contribution >= 0.6 is 0 Å². The Balaban J connectivity index is 2.64. The van der Waals surface area contributed by atoms with Gasteiger partial charge in [0.25, 0.3) is 6.43 Å². The van der Waals surface area contributed by atoms with E-state index in [0.717, 1.165) is 5.56 Å². The van der Waals surface area contributed by atoms with Gasteiger partial charge in [-0.1, -0.05) is 13.8 Å². The van der Waals surface area contributed by atoms with E-state index >= 15 is 0 Å². The van der Waals surface area contributed by atoms with Gasteiger partial charge < -0.3 is 4.42 Å². The lowest BCUT2D eigenvalue weighted by Gasteiger charge is -2.03. The summed E-state index contributed by atoms with van der Waals surface area (Å²) in [6.07, 6.45) is 0.625. The molecule has 0 atom stereocenters. The number of hydrogen-bond acceptors (Lipinski definition) is 2. The number of rotatable bonds is 2. The molecule has 2 heterocycles. The van der Waals surface area contributed by atoms with Gasteiger partial charge in [-0.3, -0.25) is 4.98 Å². The average Bonchev–Trinajstić information content (AvgIpc) is 2.60. The monoisotopic (exact) mass is 211 g/mol. The molecular weight excluding hydrogens is 200 g/mol. The summed E-state index contributed by atoms with van der Waals surface area (Å²) in [6, 6.07) is 1.35. The van der Waals surface area contributed by atoms with Crippen LogP contribution in [0.1, 0.15) is 37.5 Å². The molecule has 80 valence electrons. The number of fused-ring (bicyclic) bond motifs is 1. The average molecular weight is 211 g/mol. The third-order valence-corrected chi connectivity index (χ3v) is 2.31. The van der Waals surface area contributed by atoms with Crippen LogP contribution < -0.4 is 0 Å². The topological polar surface area (TPSA) is 26.0 Å². The van der Waals surface area contributed by atoms with Crippen molar-refractivity contribution < 1.29 is 13.2 Å². The molecule has 2 nitrogen and oxygen atoms in total. The highest BCUT2D eigenvalue weighted by atomic mass is 19.3. The molecule has 4 heteroatoms. The molecule has 0 N–H and O–H groups in total. The molecule has 0 saturated carbocycles. The van der Waals surface area contributed by atoms with Crippen molar-refractivity contribution in [1.29, 1.82) is 0 Å². The Hall–Kier alpha value is -1.45. The predicted molar refractivity (Wildman–Crippen MR) is 53.1 cm³/mol. The fourth-order valence-corrected chi connectivity index (χ4v) is 1.52. The first-order valence-electron chi connectivity index (χ1n) is 4.75. The summed E-state index contributed by atoms with van der Waals surface area (Å²) in [5.74, 6) is -0.0854. The molecule has 0 fully saturated rings. The summed E-state index contributed by atoms with van der Waals surface area (Å²) in [7, 11) is 0. The molecule has 2 aromatic heterocycles. The van der Waals surface area contributed by atoms with Gasteiger partial charge in [-0.05, 0) is 12.0 Å². The molecule has 0 amide bonds. The van der Waals surface area contributed by atoms with E-state index in [0.29, 0.717) is 11.0 Å². The normalized spacial score (nSPS) is 11.9. The Kier molecular flexibility index (Phi) is 2.42. The second kappa shape index (κ2) is 3.61. The van der Waals surface area contributed by atoms with E-state index in [-0.39, 0.29) is 11.7 Å².